The zero-order valence-electron chi connectivity index (χ0n) is 13.7. The molecule has 1 unspecified atom stereocenters. The van der Waals surface area contributed by atoms with Crippen LogP contribution in [0.1, 0.15) is 30.8 Å². The Kier molecular flexibility index (Phi) is 5.23. The van der Waals surface area contributed by atoms with Crippen LogP contribution in [-0.2, 0) is 13.1 Å². The van der Waals surface area contributed by atoms with Gasteiger partial charge in [0.15, 0.2) is 5.82 Å². The second-order valence-electron chi connectivity index (χ2n) is 5.74. The average Bonchev–Trinajstić information content (AvgIpc) is 2.98. The fraction of sp³-hybridized carbons (Fsp3) is 0.316. The van der Waals surface area contributed by atoms with Crippen LogP contribution in [0.5, 0.6) is 0 Å². The van der Waals surface area contributed by atoms with Gasteiger partial charge in [-0.3, -0.25) is 0 Å². The molecule has 24 heavy (non-hydrogen) atoms. The summed E-state index contributed by atoms with van der Waals surface area (Å²) in [5.74, 6) is 0.507. The molecule has 0 saturated heterocycles. The van der Waals surface area contributed by atoms with Crippen molar-refractivity contribution in [2.75, 3.05) is 6.61 Å². The summed E-state index contributed by atoms with van der Waals surface area (Å²) in [7, 11) is 0. The number of aromatic nitrogens is 2. The number of hydrogen-bond acceptors (Lipinski definition) is 3. The second kappa shape index (κ2) is 7.55. The van der Waals surface area contributed by atoms with Crippen LogP contribution in [0.25, 0.3) is 11.0 Å². The van der Waals surface area contributed by atoms with E-state index in [9.17, 15) is 9.50 Å². The van der Waals surface area contributed by atoms with Crippen molar-refractivity contribution in [3.05, 3.63) is 65.7 Å². The third-order valence-electron chi connectivity index (χ3n) is 4.25. The molecule has 5 heteroatoms. The van der Waals surface area contributed by atoms with Crippen molar-refractivity contribution in [3.8, 4) is 0 Å². The summed E-state index contributed by atoms with van der Waals surface area (Å²) >= 11 is 0. The van der Waals surface area contributed by atoms with E-state index in [-0.39, 0.29) is 18.5 Å². The molecule has 2 N–H and O–H groups in total. The van der Waals surface area contributed by atoms with Gasteiger partial charge in [-0.1, -0.05) is 36.4 Å². The molecule has 1 heterocycles. The molecule has 0 aliphatic heterocycles. The zero-order chi connectivity index (χ0) is 16.9. The lowest BCUT2D eigenvalue weighted by Gasteiger charge is -2.18. The van der Waals surface area contributed by atoms with Crippen LogP contribution >= 0.6 is 0 Å². The Balaban J connectivity index is 1.85. The SMILES string of the molecule is CCn1c(CNC(CCO)c2ccccc2)nc2c(F)cccc21. The number of halogens is 1. The summed E-state index contributed by atoms with van der Waals surface area (Å²) in [5.41, 5.74) is 2.35. The number of aliphatic hydroxyl groups is 1. The van der Waals surface area contributed by atoms with Crippen LogP contribution < -0.4 is 5.32 Å². The minimum absolute atomic E-state index is 0.0335. The molecular formula is C19H22FN3O. The molecule has 3 rings (SSSR count). The number of fused-ring (bicyclic) bond motifs is 1. The molecule has 126 valence electrons. The molecule has 0 aliphatic carbocycles. The number of nitrogens with one attached hydrogen (secondary N) is 1. The Morgan fingerprint density at radius 2 is 1.96 bits per heavy atom. The van der Waals surface area contributed by atoms with Crippen LogP contribution in [0.4, 0.5) is 4.39 Å². The molecule has 4 nitrogen and oxygen atoms in total. The molecule has 1 atom stereocenters. The van der Waals surface area contributed by atoms with Crippen LogP contribution in [0, 0.1) is 5.82 Å². The van der Waals surface area contributed by atoms with E-state index in [4.69, 9.17) is 0 Å². The van der Waals surface area contributed by atoms with Crippen molar-refractivity contribution >= 4 is 11.0 Å². The maximum absolute atomic E-state index is 14.0. The van der Waals surface area contributed by atoms with Gasteiger partial charge in [0.1, 0.15) is 11.3 Å². The number of aryl methyl sites for hydroxylation is 1. The Morgan fingerprint density at radius 1 is 1.17 bits per heavy atom. The third kappa shape index (κ3) is 3.32. The zero-order valence-corrected chi connectivity index (χ0v) is 13.7. The van der Waals surface area contributed by atoms with Crippen molar-refractivity contribution in [1.82, 2.24) is 14.9 Å². The summed E-state index contributed by atoms with van der Waals surface area (Å²) in [5, 5.41) is 12.8. The topological polar surface area (TPSA) is 50.1 Å². The van der Waals surface area contributed by atoms with Crippen molar-refractivity contribution in [2.45, 2.75) is 32.5 Å². The lowest BCUT2D eigenvalue weighted by Crippen LogP contribution is -2.23. The van der Waals surface area contributed by atoms with Crippen LogP contribution in [0.15, 0.2) is 48.5 Å². The predicted molar refractivity (Wildman–Crippen MR) is 93.1 cm³/mol. The lowest BCUT2D eigenvalue weighted by molar-refractivity contribution is 0.264. The summed E-state index contributed by atoms with van der Waals surface area (Å²) in [4.78, 5) is 4.47. The minimum atomic E-state index is -0.295. The van der Waals surface area contributed by atoms with Gasteiger partial charge < -0.3 is 15.0 Å². The van der Waals surface area contributed by atoms with E-state index in [1.165, 1.54) is 6.07 Å². The Labute approximate surface area is 141 Å². The van der Waals surface area contributed by atoms with Crippen molar-refractivity contribution < 1.29 is 9.50 Å². The molecule has 0 bridgehead atoms. The number of rotatable bonds is 7. The number of aliphatic hydroxyl groups excluding tert-OH is 1. The molecule has 2 aromatic carbocycles. The van der Waals surface area contributed by atoms with E-state index in [1.807, 2.05) is 47.9 Å². The van der Waals surface area contributed by atoms with Crippen molar-refractivity contribution in [3.63, 3.8) is 0 Å². The summed E-state index contributed by atoms with van der Waals surface area (Å²) < 4.78 is 16.0. The van der Waals surface area contributed by atoms with E-state index in [0.717, 1.165) is 23.4 Å². The Morgan fingerprint density at radius 3 is 2.67 bits per heavy atom. The highest BCUT2D eigenvalue weighted by Crippen LogP contribution is 2.21. The maximum atomic E-state index is 14.0. The van der Waals surface area contributed by atoms with Gasteiger partial charge in [0.25, 0.3) is 0 Å². The van der Waals surface area contributed by atoms with Gasteiger partial charge in [0.05, 0.1) is 12.1 Å². The largest absolute Gasteiger partial charge is 0.396 e. The quantitative estimate of drug-likeness (QED) is 0.699. The number of nitrogens with zero attached hydrogens (tertiary/aromatic N) is 2. The number of benzene rings is 2. The van der Waals surface area contributed by atoms with Gasteiger partial charge in [-0.2, -0.15) is 0 Å². The fourth-order valence-electron chi connectivity index (χ4n) is 3.06. The highest BCUT2D eigenvalue weighted by molar-refractivity contribution is 5.76. The third-order valence-corrected chi connectivity index (χ3v) is 4.25. The lowest BCUT2D eigenvalue weighted by atomic mass is 10.0. The fourth-order valence-corrected chi connectivity index (χ4v) is 3.06. The summed E-state index contributed by atoms with van der Waals surface area (Å²) in [6.07, 6.45) is 0.616. The first-order chi connectivity index (χ1) is 11.7. The Hall–Kier alpha value is -2.24. The monoisotopic (exact) mass is 327 g/mol. The Bertz CT molecular complexity index is 801. The van der Waals surface area contributed by atoms with Crippen LogP contribution in [0.2, 0.25) is 0 Å². The van der Waals surface area contributed by atoms with E-state index in [2.05, 4.69) is 10.3 Å². The second-order valence-corrected chi connectivity index (χ2v) is 5.74. The first-order valence-electron chi connectivity index (χ1n) is 8.27. The minimum Gasteiger partial charge on any atom is -0.396 e. The smallest absolute Gasteiger partial charge is 0.151 e. The van der Waals surface area contributed by atoms with Gasteiger partial charge >= 0.3 is 0 Å². The van der Waals surface area contributed by atoms with Crippen LogP contribution in [0.3, 0.4) is 0 Å². The first-order valence-corrected chi connectivity index (χ1v) is 8.27. The van der Waals surface area contributed by atoms with Crippen LogP contribution in [-0.4, -0.2) is 21.3 Å². The van der Waals surface area contributed by atoms with E-state index >= 15 is 0 Å². The molecule has 3 aromatic rings. The van der Waals surface area contributed by atoms with E-state index in [0.29, 0.717) is 18.5 Å². The maximum Gasteiger partial charge on any atom is 0.151 e. The first kappa shape index (κ1) is 16.6. The van der Waals surface area contributed by atoms with Gasteiger partial charge in [-0.05, 0) is 31.0 Å². The molecule has 0 amide bonds. The van der Waals surface area contributed by atoms with Crippen molar-refractivity contribution in [2.24, 2.45) is 0 Å². The molecule has 1 aromatic heterocycles. The number of imidazole rings is 1. The van der Waals surface area contributed by atoms with Gasteiger partial charge in [0, 0.05) is 19.2 Å². The molecule has 0 fully saturated rings. The highest BCUT2D eigenvalue weighted by atomic mass is 19.1. The molecular weight excluding hydrogens is 305 g/mol. The highest BCUT2D eigenvalue weighted by Gasteiger charge is 2.15. The molecule has 0 saturated carbocycles. The molecule has 0 spiro atoms. The van der Waals surface area contributed by atoms with Gasteiger partial charge in [-0.15, -0.1) is 0 Å². The predicted octanol–water partition coefficient (Wildman–Crippen LogP) is 3.41. The summed E-state index contributed by atoms with van der Waals surface area (Å²) in [6, 6.07) is 15.1. The summed E-state index contributed by atoms with van der Waals surface area (Å²) in [6.45, 7) is 3.37. The van der Waals surface area contributed by atoms with Gasteiger partial charge in [0.2, 0.25) is 0 Å². The van der Waals surface area contributed by atoms with E-state index in [1.54, 1.807) is 6.07 Å². The normalized spacial score (nSPS) is 12.6. The number of hydrogen-bond donors (Lipinski definition) is 2. The number of para-hydroxylation sites is 1. The van der Waals surface area contributed by atoms with Crippen molar-refractivity contribution in [1.29, 1.82) is 0 Å². The van der Waals surface area contributed by atoms with E-state index < -0.39 is 0 Å². The average molecular weight is 327 g/mol. The molecule has 0 radical (unpaired) electrons. The standard InChI is InChI=1S/C19H22FN3O/c1-2-23-17-10-6-9-15(20)19(17)22-18(23)13-21-16(11-12-24)14-7-4-3-5-8-14/h3-10,16,21,24H,2,11-13H2,1H3. The molecule has 0 aliphatic rings. The van der Waals surface area contributed by atoms with Gasteiger partial charge in [-0.25, -0.2) is 9.37 Å².